The minimum Gasteiger partial charge on any atom is -0.298 e. The van der Waals surface area contributed by atoms with Crippen LogP contribution in [-0.4, -0.2) is 10.9 Å². The van der Waals surface area contributed by atoms with E-state index in [0.717, 1.165) is 31.1 Å². The number of amides is 1. The van der Waals surface area contributed by atoms with Gasteiger partial charge in [-0.1, -0.05) is 17.4 Å². The maximum atomic E-state index is 12.3. The molecule has 0 aliphatic rings. The Labute approximate surface area is 131 Å². The Balaban J connectivity index is 1.93. The van der Waals surface area contributed by atoms with Crippen molar-refractivity contribution in [3.05, 3.63) is 44.6 Å². The van der Waals surface area contributed by atoms with Crippen LogP contribution in [0.3, 0.4) is 0 Å². The first-order chi connectivity index (χ1) is 9.94. The summed E-state index contributed by atoms with van der Waals surface area (Å²) < 4.78 is 1.11. The molecule has 0 saturated heterocycles. The normalized spacial score (nSPS) is 11.0. The third kappa shape index (κ3) is 2.71. The van der Waals surface area contributed by atoms with Gasteiger partial charge in [-0.3, -0.25) is 10.1 Å². The lowest BCUT2D eigenvalue weighted by Gasteiger charge is -1.99. The van der Waals surface area contributed by atoms with Gasteiger partial charge in [0.05, 0.1) is 15.8 Å². The summed E-state index contributed by atoms with van der Waals surface area (Å²) in [5.41, 5.74) is 4.07. The lowest BCUT2D eigenvalue weighted by molar-refractivity contribution is 0.102. The second-order valence-electron chi connectivity index (χ2n) is 5.23. The Hall–Kier alpha value is -1.72. The number of thiazole rings is 1. The zero-order valence-corrected chi connectivity index (χ0v) is 14.0. The van der Waals surface area contributed by atoms with Crippen LogP contribution in [0.2, 0.25) is 0 Å². The Bertz CT molecular complexity index is 845. The maximum Gasteiger partial charge on any atom is 0.258 e. The molecule has 0 spiro atoms. The molecule has 1 amide bonds. The number of anilines is 1. The van der Waals surface area contributed by atoms with E-state index in [0.29, 0.717) is 5.13 Å². The monoisotopic (exact) mass is 316 g/mol. The highest BCUT2D eigenvalue weighted by atomic mass is 32.1. The number of nitrogens with one attached hydrogen (secondary N) is 1. The number of rotatable bonds is 2. The topological polar surface area (TPSA) is 42.0 Å². The lowest BCUT2D eigenvalue weighted by atomic mass is 10.1. The third-order valence-corrected chi connectivity index (χ3v) is 5.22. The van der Waals surface area contributed by atoms with Crippen molar-refractivity contribution in [1.82, 2.24) is 4.98 Å². The molecule has 0 atom stereocenters. The largest absolute Gasteiger partial charge is 0.298 e. The number of nitrogens with zero attached hydrogens (tertiary/aromatic N) is 1. The van der Waals surface area contributed by atoms with Crippen LogP contribution >= 0.6 is 22.7 Å². The van der Waals surface area contributed by atoms with Gasteiger partial charge in [-0.25, -0.2) is 4.98 Å². The Morgan fingerprint density at radius 3 is 2.52 bits per heavy atom. The fourth-order valence-corrected chi connectivity index (χ4v) is 4.40. The molecule has 2 heterocycles. The minimum absolute atomic E-state index is 0.0784. The Morgan fingerprint density at radius 2 is 1.86 bits per heavy atom. The maximum absolute atomic E-state index is 12.3. The average molecular weight is 316 g/mol. The van der Waals surface area contributed by atoms with Gasteiger partial charge < -0.3 is 0 Å². The number of fused-ring (bicyclic) bond motifs is 1. The summed E-state index contributed by atoms with van der Waals surface area (Å²) in [4.78, 5) is 19.1. The van der Waals surface area contributed by atoms with Crippen LogP contribution in [0.1, 0.15) is 31.2 Å². The van der Waals surface area contributed by atoms with Gasteiger partial charge in [-0.05, 0) is 51.0 Å². The third-order valence-electron chi connectivity index (χ3n) is 3.34. The van der Waals surface area contributed by atoms with Crippen LogP contribution in [-0.2, 0) is 0 Å². The number of thiophene rings is 1. The molecule has 108 valence electrons. The van der Waals surface area contributed by atoms with E-state index in [4.69, 9.17) is 0 Å². The van der Waals surface area contributed by atoms with Gasteiger partial charge in [0, 0.05) is 9.75 Å². The molecule has 0 aliphatic heterocycles. The number of carbonyl (C=O) groups excluding carboxylic acids is 1. The zero-order valence-electron chi connectivity index (χ0n) is 12.4. The highest BCUT2D eigenvalue weighted by Gasteiger charge is 2.14. The summed E-state index contributed by atoms with van der Waals surface area (Å²) in [7, 11) is 0. The van der Waals surface area contributed by atoms with Crippen LogP contribution in [0, 0.1) is 27.7 Å². The van der Waals surface area contributed by atoms with Crippen molar-refractivity contribution >= 4 is 43.9 Å². The standard InChI is InChI=1S/C16H16N2OS2/c1-8-5-9(2)14-13(6-8)21-16(17-14)18-15(19)12-7-10(3)20-11(12)4/h5-7H,1-4H3,(H,17,18,19). The second-order valence-corrected chi connectivity index (χ2v) is 7.72. The van der Waals surface area contributed by atoms with Crippen LogP contribution in [0.4, 0.5) is 5.13 Å². The van der Waals surface area contributed by atoms with Crippen molar-refractivity contribution < 1.29 is 4.79 Å². The molecule has 0 aliphatic carbocycles. The molecule has 3 nitrogen and oxygen atoms in total. The fourth-order valence-electron chi connectivity index (χ4n) is 2.44. The first kappa shape index (κ1) is 14.2. The molecule has 0 bridgehead atoms. The molecule has 1 aromatic carbocycles. The van der Waals surface area contributed by atoms with E-state index >= 15 is 0 Å². The van der Waals surface area contributed by atoms with Crippen LogP contribution < -0.4 is 5.32 Å². The summed E-state index contributed by atoms with van der Waals surface area (Å²) in [5.74, 6) is -0.0784. The second kappa shape index (κ2) is 5.24. The van der Waals surface area contributed by atoms with Gasteiger partial charge in [0.2, 0.25) is 0 Å². The fraction of sp³-hybridized carbons (Fsp3) is 0.250. The first-order valence-corrected chi connectivity index (χ1v) is 8.33. The summed E-state index contributed by atoms with van der Waals surface area (Å²) in [6, 6.07) is 6.15. The molecule has 0 radical (unpaired) electrons. The number of hydrogen-bond donors (Lipinski definition) is 1. The molecule has 1 N–H and O–H groups in total. The van der Waals surface area contributed by atoms with Crippen molar-refractivity contribution in [3.8, 4) is 0 Å². The zero-order chi connectivity index (χ0) is 15.1. The molecule has 21 heavy (non-hydrogen) atoms. The smallest absolute Gasteiger partial charge is 0.258 e. The number of aryl methyl sites for hydroxylation is 4. The van der Waals surface area contributed by atoms with E-state index in [9.17, 15) is 4.79 Å². The number of aromatic nitrogens is 1. The van der Waals surface area contributed by atoms with E-state index in [1.165, 1.54) is 16.9 Å². The molecule has 0 unspecified atom stereocenters. The van der Waals surface area contributed by atoms with Gasteiger partial charge in [-0.2, -0.15) is 0 Å². The number of carbonyl (C=O) groups is 1. The SMILES string of the molecule is Cc1cc(C)c2nc(NC(=O)c3cc(C)sc3C)sc2c1. The summed E-state index contributed by atoms with van der Waals surface area (Å²) in [5, 5.41) is 3.58. The number of hydrogen-bond acceptors (Lipinski definition) is 4. The summed E-state index contributed by atoms with van der Waals surface area (Å²) in [6.07, 6.45) is 0. The van der Waals surface area contributed by atoms with Crippen molar-refractivity contribution in [3.63, 3.8) is 0 Å². The molecular weight excluding hydrogens is 300 g/mol. The van der Waals surface area contributed by atoms with E-state index in [1.807, 2.05) is 26.8 Å². The van der Waals surface area contributed by atoms with Gasteiger partial charge in [0.1, 0.15) is 0 Å². The van der Waals surface area contributed by atoms with Crippen LogP contribution in [0.5, 0.6) is 0 Å². The Morgan fingerprint density at radius 1 is 1.10 bits per heavy atom. The molecule has 3 rings (SSSR count). The predicted molar refractivity (Wildman–Crippen MR) is 90.8 cm³/mol. The van der Waals surface area contributed by atoms with Gasteiger partial charge in [0.25, 0.3) is 5.91 Å². The highest BCUT2D eigenvalue weighted by molar-refractivity contribution is 7.22. The van der Waals surface area contributed by atoms with Gasteiger partial charge >= 0.3 is 0 Å². The highest BCUT2D eigenvalue weighted by Crippen LogP contribution is 2.30. The van der Waals surface area contributed by atoms with Crippen molar-refractivity contribution in [2.45, 2.75) is 27.7 Å². The van der Waals surface area contributed by atoms with Crippen molar-refractivity contribution in [2.75, 3.05) is 5.32 Å². The first-order valence-electron chi connectivity index (χ1n) is 6.70. The van der Waals surface area contributed by atoms with Gasteiger partial charge in [-0.15, -0.1) is 11.3 Å². The number of benzene rings is 1. The van der Waals surface area contributed by atoms with Crippen molar-refractivity contribution in [1.29, 1.82) is 0 Å². The van der Waals surface area contributed by atoms with Crippen molar-refractivity contribution in [2.24, 2.45) is 0 Å². The van der Waals surface area contributed by atoms with Crippen LogP contribution in [0.15, 0.2) is 18.2 Å². The van der Waals surface area contributed by atoms with Crippen LogP contribution in [0.25, 0.3) is 10.2 Å². The quantitative estimate of drug-likeness (QED) is 0.734. The molecule has 5 heteroatoms. The molecule has 0 fully saturated rings. The minimum atomic E-state index is -0.0784. The summed E-state index contributed by atoms with van der Waals surface area (Å²) >= 11 is 3.16. The average Bonchev–Trinajstić information content (AvgIpc) is 2.92. The van der Waals surface area contributed by atoms with Gasteiger partial charge in [0.15, 0.2) is 5.13 Å². The molecular formula is C16H16N2OS2. The van der Waals surface area contributed by atoms with E-state index in [1.54, 1.807) is 11.3 Å². The predicted octanol–water partition coefficient (Wildman–Crippen LogP) is 4.84. The van der Waals surface area contributed by atoms with E-state index in [2.05, 4.69) is 29.4 Å². The lowest BCUT2D eigenvalue weighted by Crippen LogP contribution is -2.11. The molecule has 0 saturated carbocycles. The van der Waals surface area contributed by atoms with E-state index in [-0.39, 0.29) is 5.91 Å². The molecule has 2 aromatic heterocycles. The molecule has 3 aromatic rings. The van der Waals surface area contributed by atoms with E-state index < -0.39 is 0 Å². The Kier molecular flexibility index (Phi) is 3.55. The summed E-state index contributed by atoms with van der Waals surface area (Å²) in [6.45, 7) is 8.10.